The number of aliphatic imine (C=N–C) groups is 3. The summed E-state index contributed by atoms with van der Waals surface area (Å²) in [6.45, 7) is 2.03. The second-order valence-corrected chi connectivity index (χ2v) is 7.88. The fourth-order valence-electron chi connectivity index (χ4n) is 4.09. The summed E-state index contributed by atoms with van der Waals surface area (Å²) in [6, 6.07) is 3.70. The van der Waals surface area contributed by atoms with E-state index in [0.717, 1.165) is 23.9 Å². The Morgan fingerprint density at radius 1 is 1.28 bits per heavy atom. The lowest BCUT2D eigenvalue weighted by Crippen LogP contribution is -2.19. The zero-order chi connectivity index (χ0) is 20.5. The van der Waals surface area contributed by atoms with Crippen molar-refractivity contribution >= 4 is 46.5 Å². The van der Waals surface area contributed by atoms with Crippen molar-refractivity contribution in [3.05, 3.63) is 34.6 Å². The minimum atomic E-state index is 0.288. The van der Waals surface area contributed by atoms with Gasteiger partial charge in [-0.15, -0.1) is 0 Å². The number of nitrogens with two attached hydrogens (primary N) is 3. The monoisotopic (exact) mass is 412 g/mol. The molecule has 3 unspecified atom stereocenters. The molecule has 0 radical (unpaired) electrons. The van der Waals surface area contributed by atoms with Gasteiger partial charge >= 0.3 is 0 Å². The Morgan fingerprint density at radius 2 is 2.10 bits per heavy atom. The molecule has 1 fully saturated rings. The van der Waals surface area contributed by atoms with Crippen LogP contribution in [0.1, 0.15) is 12.0 Å². The molecule has 2 aromatic rings. The van der Waals surface area contributed by atoms with Crippen LogP contribution in [0.25, 0.3) is 16.6 Å². The van der Waals surface area contributed by atoms with Crippen LogP contribution >= 0.6 is 11.6 Å². The van der Waals surface area contributed by atoms with E-state index in [1.54, 1.807) is 17.1 Å². The molecule has 2 heterocycles. The Hall–Kier alpha value is -2.71. The fourth-order valence-corrected chi connectivity index (χ4v) is 4.40. The molecule has 1 aliphatic heterocycles. The molecule has 4 rings (SSSR count). The van der Waals surface area contributed by atoms with Gasteiger partial charge in [-0.3, -0.25) is 14.7 Å². The molecule has 9 heteroatoms. The van der Waals surface area contributed by atoms with Crippen molar-refractivity contribution in [2.45, 2.75) is 6.42 Å². The second-order valence-electron chi connectivity index (χ2n) is 7.50. The number of hydrogen-bond acceptors (Lipinski definition) is 7. The minimum absolute atomic E-state index is 0.288. The molecule has 1 aromatic heterocycles. The van der Waals surface area contributed by atoms with Crippen molar-refractivity contribution in [1.82, 2.24) is 9.78 Å². The number of amidine groups is 1. The molecule has 0 amide bonds. The Labute approximate surface area is 174 Å². The molecule has 8 nitrogen and oxygen atoms in total. The van der Waals surface area contributed by atoms with Crippen LogP contribution < -0.4 is 17.2 Å². The Bertz CT molecular complexity index is 1050. The van der Waals surface area contributed by atoms with E-state index >= 15 is 0 Å². The van der Waals surface area contributed by atoms with E-state index in [1.165, 1.54) is 0 Å². The number of nitrogens with zero attached hydrogens (tertiary/aromatic N) is 5. The molecule has 29 heavy (non-hydrogen) atoms. The summed E-state index contributed by atoms with van der Waals surface area (Å²) in [5, 5.41) is 5.69. The van der Waals surface area contributed by atoms with Gasteiger partial charge in [-0.05, 0) is 42.9 Å². The SMILES string of the molecule is Cn1cc2c(Cl)c(/C(N)=C3\N=CC=NCCC4C(CN)C4CN=C3N)ccc2n1. The maximum atomic E-state index is 6.62. The van der Waals surface area contributed by atoms with Gasteiger partial charge in [-0.2, -0.15) is 5.10 Å². The predicted octanol–water partition coefficient (Wildman–Crippen LogP) is 1.58. The maximum absolute atomic E-state index is 6.62. The standard InChI is InChI=1S/C20H25ClN8/c1-29-10-15-16(28-29)3-2-12(17(15)21)18(23)19-20(24)27-9-14-11(13(14)8-22)4-5-25-6-7-26-19/h2-3,6-7,10-11,13-14H,4-5,8-9,22-23H2,1H3,(H2,24,27)/b19-18+,25-6?,26-7?. The molecular formula is C20H25ClN8. The Kier molecular flexibility index (Phi) is 5.38. The summed E-state index contributed by atoms with van der Waals surface area (Å²) in [6.07, 6.45) is 6.13. The molecule has 0 spiro atoms. The molecule has 1 aromatic carbocycles. The van der Waals surface area contributed by atoms with Gasteiger partial charge < -0.3 is 17.2 Å². The highest BCUT2D eigenvalue weighted by atomic mass is 35.5. The zero-order valence-electron chi connectivity index (χ0n) is 16.3. The van der Waals surface area contributed by atoms with Crippen LogP contribution in [-0.4, -0.2) is 47.7 Å². The van der Waals surface area contributed by atoms with Crippen molar-refractivity contribution in [2.24, 2.45) is 57.0 Å². The summed E-state index contributed by atoms with van der Waals surface area (Å²) in [7, 11) is 1.85. The van der Waals surface area contributed by atoms with Crippen molar-refractivity contribution in [3.63, 3.8) is 0 Å². The van der Waals surface area contributed by atoms with E-state index in [-0.39, 0.29) is 5.84 Å². The van der Waals surface area contributed by atoms with Gasteiger partial charge in [0.15, 0.2) is 0 Å². The third kappa shape index (κ3) is 3.77. The molecule has 1 saturated carbocycles. The number of fused-ring (bicyclic) bond motifs is 2. The number of hydrogen-bond donors (Lipinski definition) is 3. The maximum Gasteiger partial charge on any atom is 0.146 e. The van der Waals surface area contributed by atoms with Crippen molar-refractivity contribution in [2.75, 3.05) is 19.6 Å². The fraction of sp³-hybridized carbons (Fsp3) is 0.400. The average molecular weight is 413 g/mol. The first-order valence-corrected chi connectivity index (χ1v) is 10.0. The molecule has 152 valence electrons. The summed E-state index contributed by atoms with van der Waals surface area (Å²) in [4.78, 5) is 13.4. The molecule has 0 saturated heterocycles. The highest BCUT2D eigenvalue weighted by Gasteiger charge is 2.47. The van der Waals surface area contributed by atoms with Crippen LogP contribution in [0.3, 0.4) is 0 Å². The number of aromatic nitrogens is 2. The van der Waals surface area contributed by atoms with Crippen LogP contribution in [0.15, 0.2) is 39.0 Å². The summed E-state index contributed by atoms with van der Waals surface area (Å²) in [5.41, 5.74) is 20.9. The quantitative estimate of drug-likeness (QED) is 0.690. The highest BCUT2D eigenvalue weighted by molar-refractivity contribution is 6.37. The third-order valence-electron chi connectivity index (χ3n) is 5.75. The molecule has 1 aliphatic carbocycles. The van der Waals surface area contributed by atoms with Crippen LogP contribution in [0, 0.1) is 17.8 Å². The smallest absolute Gasteiger partial charge is 0.146 e. The van der Waals surface area contributed by atoms with E-state index < -0.39 is 0 Å². The summed E-state index contributed by atoms with van der Waals surface area (Å²) < 4.78 is 1.71. The molecule has 3 atom stereocenters. The Balaban J connectivity index is 1.75. The topological polar surface area (TPSA) is 133 Å². The van der Waals surface area contributed by atoms with E-state index in [0.29, 0.717) is 52.8 Å². The molecule has 0 bridgehead atoms. The molecule has 2 aliphatic rings. The van der Waals surface area contributed by atoms with E-state index in [2.05, 4.69) is 20.1 Å². The van der Waals surface area contributed by atoms with E-state index in [4.69, 9.17) is 28.8 Å². The minimum Gasteiger partial charge on any atom is -0.396 e. The summed E-state index contributed by atoms with van der Waals surface area (Å²) in [5.74, 6) is 1.76. The van der Waals surface area contributed by atoms with Gasteiger partial charge in [0.05, 0.1) is 16.2 Å². The van der Waals surface area contributed by atoms with Gasteiger partial charge in [0.25, 0.3) is 0 Å². The normalized spacial score (nSPS) is 26.4. The van der Waals surface area contributed by atoms with E-state index in [9.17, 15) is 0 Å². The van der Waals surface area contributed by atoms with Crippen LogP contribution in [-0.2, 0) is 7.05 Å². The van der Waals surface area contributed by atoms with Gasteiger partial charge in [0, 0.05) is 49.7 Å². The van der Waals surface area contributed by atoms with Gasteiger partial charge in [-0.25, -0.2) is 4.99 Å². The third-order valence-corrected chi connectivity index (χ3v) is 6.15. The number of aryl methyl sites for hydroxylation is 1. The van der Waals surface area contributed by atoms with E-state index in [1.807, 2.05) is 25.4 Å². The number of rotatable bonds is 2. The zero-order valence-corrected chi connectivity index (χ0v) is 17.0. The number of benzene rings is 1. The van der Waals surface area contributed by atoms with Crippen LogP contribution in [0.2, 0.25) is 5.02 Å². The lowest BCUT2D eigenvalue weighted by atomic mass is 10.1. The van der Waals surface area contributed by atoms with Crippen molar-refractivity contribution in [1.29, 1.82) is 0 Å². The van der Waals surface area contributed by atoms with Crippen LogP contribution in [0.5, 0.6) is 0 Å². The van der Waals surface area contributed by atoms with Gasteiger partial charge in [-0.1, -0.05) is 11.6 Å². The predicted molar refractivity (Wildman–Crippen MR) is 119 cm³/mol. The van der Waals surface area contributed by atoms with Crippen molar-refractivity contribution < 1.29 is 0 Å². The lowest BCUT2D eigenvalue weighted by Gasteiger charge is -2.10. The average Bonchev–Trinajstić information content (AvgIpc) is 3.22. The second kappa shape index (κ2) is 7.96. The number of halogens is 1. The first-order chi connectivity index (χ1) is 14.0. The first-order valence-electron chi connectivity index (χ1n) is 9.66. The lowest BCUT2D eigenvalue weighted by molar-refractivity contribution is 0.648. The molecule has 6 N–H and O–H groups in total. The van der Waals surface area contributed by atoms with Crippen LogP contribution in [0.4, 0.5) is 0 Å². The highest BCUT2D eigenvalue weighted by Crippen LogP contribution is 2.48. The van der Waals surface area contributed by atoms with Gasteiger partial charge in [0.1, 0.15) is 11.5 Å². The first kappa shape index (κ1) is 19.6. The Morgan fingerprint density at radius 3 is 2.90 bits per heavy atom. The molecular weight excluding hydrogens is 388 g/mol. The summed E-state index contributed by atoms with van der Waals surface area (Å²) >= 11 is 6.62. The van der Waals surface area contributed by atoms with Crippen molar-refractivity contribution in [3.8, 4) is 0 Å². The van der Waals surface area contributed by atoms with Gasteiger partial charge in [0.2, 0.25) is 0 Å². The largest absolute Gasteiger partial charge is 0.396 e.